The van der Waals surface area contributed by atoms with Crippen molar-refractivity contribution < 1.29 is 14.3 Å². The Bertz CT molecular complexity index is 202. The fraction of sp³-hybridized carbons (Fsp3) is 0.750. The maximum atomic E-state index is 11.2. The van der Waals surface area contributed by atoms with Crippen LogP contribution in [0, 0.1) is 5.92 Å². The van der Waals surface area contributed by atoms with E-state index in [4.69, 9.17) is 0 Å². The number of ketones is 1. The standard InChI is InChI=1S/C8H13NO3/c1-9-4-3-6(5-9)7(10)8(11)12-2/h6H,3-5H2,1-2H3. The van der Waals surface area contributed by atoms with Gasteiger partial charge in [0.2, 0.25) is 5.78 Å². The first-order valence-electron chi connectivity index (χ1n) is 3.96. The number of ether oxygens (including phenoxy) is 1. The highest BCUT2D eigenvalue weighted by molar-refractivity contribution is 6.34. The summed E-state index contributed by atoms with van der Waals surface area (Å²) in [6, 6.07) is 0. The van der Waals surface area contributed by atoms with Gasteiger partial charge in [-0.3, -0.25) is 4.79 Å². The number of carbonyl (C=O) groups excluding carboxylic acids is 2. The average Bonchev–Trinajstić information content (AvgIpc) is 2.49. The molecule has 0 aromatic rings. The van der Waals surface area contributed by atoms with E-state index in [0.717, 1.165) is 13.0 Å². The summed E-state index contributed by atoms with van der Waals surface area (Å²) in [6.07, 6.45) is 0.768. The molecule has 0 aromatic heterocycles. The molecule has 4 nitrogen and oxygen atoms in total. The molecule has 4 heteroatoms. The van der Waals surface area contributed by atoms with Crippen molar-refractivity contribution in [2.45, 2.75) is 6.42 Å². The molecule has 0 aromatic carbocycles. The Hall–Kier alpha value is -0.900. The van der Waals surface area contributed by atoms with Crippen LogP contribution in [0.25, 0.3) is 0 Å². The number of methoxy groups -OCH3 is 1. The average molecular weight is 171 g/mol. The van der Waals surface area contributed by atoms with E-state index in [1.165, 1.54) is 7.11 Å². The third kappa shape index (κ3) is 1.82. The molecule has 0 aliphatic carbocycles. The maximum absolute atomic E-state index is 11.2. The van der Waals surface area contributed by atoms with E-state index in [2.05, 4.69) is 4.74 Å². The quantitative estimate of drug-likeness (QED) is 0.422. The van der Waals surface area contributed by atoms with Crippen molar-refractivity contribution in [2.24, 2.45) is 5.92 Å². The van der Waals surface area contributed by atoms with Crippen molar-refractivity contribution in [3.05, 3.63) is 0 Å². The summed E-state index contributed by atoms with van der Waals surface area (Å²) < 4.78 is 4.35. The second kappa shape index (κ2) is 3.67. The van der Waals surface area contributed by atoms with Gasteiger partial charge in [0.25, 0.3) is 0 Å². The van der Waals surface area contributed by atoms with Crippen LogP contribution in [-0.4, -0.2) is 43.9 Å². The van der Waals surface area contributed by atoms with Crippen molar-refractivity contribution in [2.75, 3.05) is 27.2 Å². The Balaban J connectivity index is 2.48. The second-order valence-corrected chi connectivity index (χ2v) is 3.10. The van der Waals surface area contributed by atoms with Gasteiger partial charge in [0.05, 0.1) is 7.11 Å². The Morgan fingerprint density at radius 1 is 1.50 bits per heavy atom. The number of nitrogens with zero attached hydrogens (tertiary/aromatic N) is 1. The van der Waals surface area contributed by atoms with Gasteiger partial charge in [-0.25, -0.2) is 4.79 Å². The van der Waals surface area contributed by atoms with Crippen molar-refractivity contribution in [3.8, 4) is 0 Å². The van der Waals surface area contributed by atoms with Crippen LogP contribution in [0.4, 0.5) is 0 Å². The third-order valence-electron chi connectivity index (χ3n) is 2.15. The van der Waals surface area contributed by atoms with Crippen molar-refractivity contribution in [3.63, 3.8) is 0 Å². The molecule has 1 aliphatic rings. The number of esters is 1. The Morgan fingerprint density at radius 3 is 2.58 bits per heavy atom. The minimum Gasteiger partial charge on any atom is -0.463 e. The van der Waals surface area contributed by atoms with Crippen LogP contribution in [0.1, 0.15) is 6.42 Å². The van der Waals surface area contributed by atoms with Gasteiger partial charge in [-0.05, 0) is 20.0 Å². The fourth-order valence-corrected chi connectivity index (χ4v) is 1.42. The van der Waals surface area contributed by atoms with E-state index in [-0.39, 0.29) is 11.7 Å². The van der Waals surface area contributed by atoms with Gasteiger partial charge in [-0.1, -0.05) is 0 Å². The van der Waals surface area contributed by atoms with Gasteiger partial charge < -0.3 is 9.64 Å². The maximum Gasteiger partial charge on any atom is 0.374 e. The first-order valence-corrected chi connectivity index (χ1v) is 3.96. The van der Waals surface area contributed by atoms with E-state index in [1.807, 2.05) is 11.9 Å². The van der Waals surface area contributed by atoms with E-state index in [1.54, 1.807) is 0 Å². The predicted octanol–water partition coefficient (Wildman–Crippen LogP) is -0.320. The van der Waals surface area contributed by atoms with Gasteiger partial charge in [0.1, 0.15) is 0 Å². The number of likely N-dealkylation sites (tertiary alicyclic amines) is 1. The molecule has 1 rings (SSSR count). The molecule has 1 aliphatic heterocycles. The highest BCUT2D eigenvalue weighted by Crippen LogP contribution is 2.15. The zero-order chi connectivity index (χ0) is 9.14. The molecular weight excluding hydrogens is 158 g/mol. The van der Waals surface area contributed by atoms with Crippen molar-refractivity contribution >= 4 is 11.8 Å². The summed E-state index contributed by atoms with van der Waals surface area (Å²) in [4.78, 5) is 24.1. The minimum atomic E-state index is -0.713. The van der Waals surface area contributed by atoms with Gasteiger partial charge >= 0.3 is 5.97 Å². The topological polar surface area (TPSA) is 46.6 Å². The van der Waals surface area contributed by atoms with E-state index in [0.29, 0.717) is 6.54 Å². The lowest BCUT2D eigenvalue weighted by molar-refractivity contribution is -0.153. The van der Waals surface area contributed by atoms with E-state index < -0.39 is 5.97 Å². The summed E-state index contributed by atoms with van der Waals surface area (Å²) >= 11 is 0. The van der Waals surface area contributed by atoms with Gasteiger partial charge in [-0.15, -0.1) is 0 Å². The molecule has 0 N–H and O–H groups in total. The van der Waals surface area contributed by atoms with Crippen molar-refractivity contribution in [1.29, 1.82) is 0 Å². The van der Waals surface area contributed by atoms with Crippen LogP contribution in [0.15, 0.2) is 0 Å². The molecular formula is C8H13NO3. The molecule has 68 valence electrons. The van der Waals surface area contributed by atoms with Crippen LogP contribution in [0.3, 0.4) is 0 Å². The minimum absolute atomic E-state index is 0.151. The molecule has 1 fully saturated rings. The van der Waals surface area contributed by atoms with E-state index >= 15 is 0 Å². The lowest BCUT2D eigenvalue weighted by atomic mass is 10.0. The number of hydrogen-bond donors (Lipinski definition) is 0. The molecule has 1 saturated heterocycles. The number of hydrogen-bond acceptors (Lipinski definition) is 4. The smallest absolute Gasteiger partial charge is 0.374 e. The SMILES string of the molecule is COC(=O)C(=O)C1CCN(C)C1. The molecule has 1 atom stereocenters. The lowest BCUT2D eigenvalue weighted by Crippen LogP contribution is -2.27. The van der Waals surface area contributed by atoms with Gasteiger partial charge in [0.15, 0.2) is 0 Å². The number of Topliss-reactive ketones (excluding diaryl/α,β-unsaturated/α-hetero) is 1. The Morgan fingerprint density at radius 2 is 2.17 bits per heavy atom. The lowest BCUT2D eigenvalue weighted by Gasteiger charge is -2.07. The molecule has 1 heterocycles. The summed E-state index contributed by atoms with van der Waals surface area (Å²) in [5.41, 5.74) is 0. The highest BCUT2D eigenvalue weighted by Gasteiger charge is 2.30. The molecule has 1 unspecified atom stereocenters. The molecule has 0 saturated carbocycles. The summed E-state index contributed by atoms with van der Waals surface area (Å²) in [5, 5.41) is 0. The third-order valence-corrected chi connectivity index (χ3v) is 2.15. The number of carbonyl (C=O) groups is 2. The molecule has 0 amide bonds. The molecule has 0 bridgehead atoms. The summed E-state index contributed by atoms with van der Waals surface area (Å²) in [5.74, 6) is -1.25. The van der Waals surface area contributed by atoms with Crippen molar-refractivity contribution in [1.82, 2.24) is 4.90 Å². The first kappa shape index (κ1) is 9.19. The van der Waals surface area contributed by atoms with Crippen LogP contribution in [-0.2, 0) is 14.3 Å². The van der Waals surface area contributed by atoms with E-state index in [9.17, 15) is 9.59 Å². The first-order chi connectivity index (χ1) is 5.65. The van der Waals surface area contributed by atoms with Gasteiger partial charge in [-0.2, -0.15) is 0 Å². The highest BCUT2D eigenvalue weighted by atomic mass is 16.5. The Kier molecular flexibility index (Phi) is 2.81. The predicted molar refractivity (Wildman–Crippen MR) is 42.6 cm³/mol. The monoisotopic (exact) mass is 171 g/mol. The zero-order valence-corrected chi connectivity index (χ0v) is 7.37. The Labute approximate surface area is 71.5 Å². The fourth-order valence-electron chi connectivity index (χ4n) is 1.42. The summed E-state index contributed by atoms with van der Waals surface area (Å²) in [6.45, 7) is 1.56. The van der Waals surface area contributed by atoms with Crippen LogP contribution < -0.4 is 0 Å². The summed E-state index contributed by atoms with van der Waals surface area (Å²) in [7, 11) is 3.17. The molecule has 12 heavy (non-hydrogen) atoms. The zero-order valence-electron chi connectivity index (χ0n) is 7.37. The number of rotatable bonds is 2. The largest absolute Gasteiger partial charge is 0.463 e. The normalized spacial score (nSPS) is 24.0. The second-order valence-electron chi connectivity index (χ2n) is 3.10. The van der Waals surface area contributed by atoms with Gasteiger partial charge in [0, 0.05) is 12.5 Å². The van der Waals surface area contributed by atoms with Crippen LogP contribution in [0.2, 0.25) is 0 Å². The van der Waals surface area contributed by atoms with Crippen LogP contribution >= 0.6 is 0 Å². The molecule has 0 radical (unpaired) electrons. The van der Waals surface area contributed by atoms with Crippen LogP contribution in [0.5, 0.6) is 0 Å². The molecule has 0 spiro atoms.